The van der Waals surface area contributed by atoms with E-state index in [-0.39, 0.29) is 11.9 Å². The number of nitrogens with one attached hydrogen (secondary N) is 2. The molecule has 27 heavy (non-hydrogen) atoms. The van der Waals surface area contributed by atoms with Crippen molar-refractivity contribution < 1.29 is 4.79 Å². The highest BCUT2D eigenvalue weighted by Crippen LogP contribution is 2.32. The Bertz CT molecular complexity index is 758. The molecule has 2 fully saturated rings. The molecule has 1 saturated heterocycles. The van der Waals surface area contributed by atoms with E-state index < -0.39 is 0 Å². The van der Waals surface area contributed by atoms with Gasteiger partial charge >= 0.3 is 0 Å². The summed E-state index contributed by atoms with van der Waals surface area (Å²) in [7, 11) is 0. The highest BCUT2D eigenvalue weighted by molar-refractivity contribution is 5.93. The van der Waals surface area contributed by atoms with Crippen LogP contribution in [0.4, 0.5) is 0 Å². The maximum Gasteiger partial charge on any atom is 0.273 e. The van der Waals surface area contributed by atoms with E-state index in [0.29, 0.717) is 17.7 Å². The van der Waals surface area contributed by atoms with Crippen molar-refractivity contribution in [2.75, 3.05) is 13.1 Å². The first-order valence-electron chi connectivity index (χ1n) is 10.2. The van der Waals surface area contributed by atoms with Gasteiger partial charge in [-0.25, -0.2) is 4.68 Å². The number of hydrogen-bond acceptors (Lipinski definition) is 4. The molecule has 0 unspecified atom stereocenters. The molecule has 144 valence electrons. The van der Waals surface area contributed by atoms with Gasteiger partial charge in [-0.3, -0.25) is 4.79 Å². The number of hydrogen-bond donors (Lipinski definition) is 2. The van der Waals surface area contributed by atoms with E-state index in [1.54, 1.807) is 0 Å². The summed E-state index contributed by atoms with van der Waals surface area (Å²) in [5, 5.41) is 15.0. The third-order valence-corrected chi connectivity index (χ3v) is 6.13. The van der Waals surface area contributed by atoms with Crippen molar-refractivity contribution in [2.45, 2.75) is 63.5 Å². The van der Waals surface area contributed by atoms with Crippen molar-refractivity contribution in [3.8, 4) is 0 Å². The average Bonchev–Trinajstić information content (AvgIpc) is 3.11. The van der Waals surface area contributed by atoms with Crippen LogP contribution in [0.1, 0.15) is 72.2 Å². The molecule has 2 aliphatic rings. The van der Waals surface area contributed by atoms with Crippen molar-refractivity contribution in [2.24, 2.45) is 0 Å². The molecular weight excluding hydrogens is 338 g/mol. The first-order chi connectivity index (χ1) is 13.2. The van der Waals surface area contributed by atoms with Gasteiger partial charge in [0, 0.05) is 6.04 Å². The zero-order valence-electron chi connectivity index (χ0n) is 16.0. The average molecular weight is 367 g/mol. The van der Waals surface area contributed by atoms with E-state index in [9.17, 15) is 4.79 Å². The van der Waals surface area contributed by atoms with E-state index in [1.165, 1.54) is 5.56 Å². The maximum absolute atomic E-state index is 12.7. The predicted octanol–water partition coefficient (Wildman–Crippen LogP) is 2.97. The first-order valence-corrected chi connectivity index (χ1v) is 10.2. The molecule has 0 radical (unpaired) electrons. The van der Waals surface area contributed by atoms with E-state index in [2.05, 4.69) is 51.3 Å². The van der Waals surface area contributed by atoms with Gasteiger partial charge in [-0.1, -0.05) is 35.5 Å². The van der Waals surface area contributed by atoms with Crippen molar-refractivity contribution in [3.63, 3.8) is 0 Å². The van der Waals surface area contributed by atoms with Crippen LogP contribution in [0.5, 0.6) is 0 Å². The fourth-order valence-corrected chi connectivity index (χ4v) is 4.50. The second-order valence-electron chi connectivity index (χ2n) is 7.88. The molecule has 1 amide bonds. The monoisotopic (exact) mass is 367 g/mol. The molecule has 1 aromatic heterocycles. The minimum absolute atomic E-state index is 0.0733. The van der Waals surface area contributed by atoms with Crippen LogP contribution in [0.25, 0.3) is 0 Å². The highest BCUT2D eigenvalue weighted by atomic mass is 16.2. The van der Waals surface area contributed by atoms with Gasteiger partial charge in [0.05, 0.1) is 11.7 Å². The summed E-state index contributed by atoms with van der Waals surface area (Å²) in [5.74, 6) is 0.540. The summed E-state index contributed by atoms with van der Waals surface area (Å²) in [6, 6.07) is 11.3. The topological polar surface area (TPSA) is 71.8 Å². The third-order valence-electron chi connectivity index (χ3n) is 6.13. The van der Waals surface area contributed by atoms with Crippen molar-refractivity contribution in [3.05, 3.63) is 47.3 Å². The number of amides is 1. The molecule has 2 aromatic rings. The van der Waals surface area contributed by atoms with E-state index in [0.717, 1.165) is 57.3 Å². The van der Waals surface area contributed by atoms with E-state index in [4.69, 9.17) is 0 Å². The number of aromatic nitrogens is 3. The number of carbonyl (C=O) groups is 1. The van der Waals surface area contributed by atoms with Crippen molar-refractivity contribution in [1.82, 2.24) is 25.6 Å². The Labute approximate surface area is 160 Å². The summed E-state index contributed by atoms with van der Waals surface area (Å²) >= 11 is 0. The minimum Gasteiger partial charge on any atom is -0.348 e. The van der Waals surface area contributed by atoms with E-state index >= 15 is 0 Å². The van der Waals surface area contributed by atoms with Crippen LogP contribution in [0, 0.1) is 6.92 Å². The van der Waals surface area contributed by atoms with Crippen LogP contribution < -0.4 is 10.6 Å². The molecule has 0 atom stereocenters. The van der Waals surface area contributed by atoms with E-state index in [1.807, 2.05) is 11.6 Å². The largest absolute Gasteiger partial charge is 0.348 e. The van der Waals surface area contributed by atoms with Gasteiger partial charge in [0.1, 0.15) is 0 Å². The lowest BCUT2D eigenvalue weighted by molar-refractivity contribution is 0.0920. The van der Waals surface area contributed by atoms with Gasteiger partial charge in [-0.2, -0.15) is 0 Å². The molecular formula is C21H29N5O. The molecule has 6 heteroatoms. The number of benzene rings is 1. The van der Waals surface area contributed by atoms with Gasteiger partial charge in [0.2, 0.25) is 0 Å². The molecule has 1 saturated carbocycles. The molecule has 1 aliphatic carbocycles. The second-order valence-corrected chi connectivity index (χ2v) is 7.88. The molecule has 2 N–H and O–H groups in total. The molecule has 1 aromatic carbocycles. The summed E-state index contributed by atoms with van der Waals surface area (Å²) in [5.41, 5.74) is 2.79. The number of nitrogens with zero attached hydrogens (tertiary/aromatic N) is 3. The quantitative estimate of drug-likeness (QED) is 0.871. The normalized spacial score (nSPS) is 23.9. The highest BCUT2D eigenvalue weighted by Gasteiger charge is 2.27. The Morgan fingerprint density at radius 3 is 2.48 bits per heavy atom. The van der Waals surface area contributed by atoms with Gasteiger partial charge in [-0.15, -0.1) is 5.10 Å². The van der Waals surface area contributed by atoms with Gasteiger partial charge in [0.15, 0.2) is 5.69 Å². The van der Waals surface area contributed by atoms with Gasteiger partial charge in [0.25, 0.3) is 5.91 Å². The minimum atomic E-state index is -0.0733. The molecule has 4 rings (SSSR count). The smallest absolute Gasteiger partial charge is 0.273 e. The van der Waals surface area contributed by atoms with Crippen LogP contribution in [-0.2, 0) is 0 Å². The summed E-state index contributed by atoms with van der Waals surface area (Å²) in [6.07, 6.45) is 6.36. The SMILES string of the molecule is Cc1c(C(=O)NC2CCC(c3ccccc3)CC2)nnn1C1CCNCC1. The van der Waals surface area contributed by atoms with Crippen LogP contribution in [0.15, 0.2) is 30.3 Å². The Balaban J connectivity index is 1.34. The molecule has 0 bridgehead atoms. The van der Waals surface area contributed by atoms with Gasteiger partial charge in [-0.05, 0) is 70.0 Å². The predicted molar refractivity (Wildman–Crippen MR) is 105 cm³/mol. The lowest BCUT2D eigenvalue weighted by atomic mass is 9.82. The fraction of sp³-hybridized carbons (Fsp3) is 0.571. The molecule has 0 spiro atoms. The van der Waals surface area contributed by atoms with Crippen LogP contribution >= 0.6 is 0 Å². The Morgan fingerprint density at radius 1 is 1.07 bits per heavy atom. The summed E-state index contributed by atoms with van der Waals surface area (Å²) < 4.78 is 1.95. The zero-order valence-corrected chi connectivity index (χ0v) is 16.0. The first kappa shape index (κ1) is 18.2. The molecule has 1 aliphatic heterocycles. The zero-order chi connectivity index (χ0) is 18.6. The lowest BCUT2D eigenvalue weighted by Gasteiger charge is -2.29. The Kier molecular flexibility index (Phi) is 5.53. The second kappa shape index (κ2) is 8.21. The number of carbonyl (C=O) groups excluding carboxylic acids is 1. The fourth-order valence-electron chi connectivity index (χ4n) is 4.50. The van der Waals surface area contributed by atoms with Crippen molar-refractivity contribution >= 4 is 5.91 Å². The Hall–Kier alpha value is -2.21. The summed E-state index contributed by atoms with van der Waals surface area (Å²) in [6.45, 7) is 3.95. The third kappa shape index (κ3) is 4.05. The number of piperidine rings is 1. The van der Waals surface area contributed by atoms with Crippen molar-refractivity contribution in [1.29, 1.82) is 0 Å². The molecule has 2 heterocycles. The van der Waals surface area contributed by atoms with Gasteiger partial charge < -0.3 is 10.6 Å². The van der Waals surface area contributed by atoms with Crippen LogP contribution in [0.3, 0.4) is 0 Å². The Morgan fingerprint density at radius 2 is 1.78 bits per heavy atom. The lowest BCUT2D eigenvalue weighted by Crippen LogP contribution is -2.38. The van der Waals surface area contributed by atoms with Crippen LogP contribution in [0.2, 0.25) is 0 Å². The summed E-state index contributed by atoms with van der Waals surface area (Å²) in [4.78, 5) is 12.7. The maximum atomic E-state index is 12.7. The standard InChI is InChI=1S/C21H29N5O/c1-15-20(24-25-26(15)19-11-13-22-14-12-19)21(27)23-18-9-7-17(8-10-18)16-5-3-2-4-6-16/h2-6,17-19,22H,7-14H2,1H3,(H,23,27). The van der Waals surface area contributed by atoms with Crippen LogP contribution in [-0.4, -0.2) is 40.0 Å². The number of rotatable bonds is 4. The molecule has 6 nitrogen and oxygen atoms in total.